The molecule has 2 N–H and O–H groups in total. The lowest BCUT2D eigenvalue weighted by Crippen LogP contribution is -2.08. The van der Waals surface area contributed by atoms with Crippen molar-refractivity contribution >= 4 is 27.2 Å². The number of nitrogens with zero attached hydrogens (tertiary/aromatic N) is 1. The smallest absolute Gasteiger partial charge is 0.116 e. The SMILES string of the molecule is CC(Nc1ccccc1CO)c1nc2ccccc2s1. The second kappa shape index (κ2) is 5.61. The molecule has 0 fully saturated rings. The summed E-state index contributed by atoms with van der Waals surface area (Å²) in [4.78, 5) is 4.66. The maximum atomic E-state index is 9.36. The molecule has 3 aromatic rings. The number of aliphatic hydroxyl groups is 1. The van der Waals surface area contributed by atoms with Crippen molar-refractivity contribution in [1.82, 2.24) is 4.98 Å². The Balaban J connectivity index is 1.87. The zero-order chi connectivity index (χ0) is 13.9. The minimum Gasteiger partial charge on any atom is -0.392 e. The molecule has 0 spiro atoms. The Kier molecular flexibility index (Phi) is 3.67. The van der Waals surface area contributed by atoms with Gasteiger partial charge in [0.2, 0.25) is 0 Å². The largest absolute Gasteiger partial charge is 0.392 e. The molecule has 3 nitrogen and oxygen atoms in total. The van der Waals surface area contributed by atoms with Crippen LogP contribution < -0.4 is 5.32 Å². The number of aliphatic hydroxyl groups excluding tert-OH is 1. The van der Waals surface area contributed by atoms with Crippen LogP contribution in [0.1, 0.15) is 23.5 Å². The summed E-state index contributed by atoms with van der Waals surface area (Å²) in [5, 5.41) is 13.8. The fraction of sp³-hybridized carbons (Fsp3) is 0.188. The van der Waals surface area contributed by atoms with E-state index in [-0.39, 0.29) is 12.6 Å². The van der Waals surface area contributed by atoms with Crippen molar-refractivity contribution in [2.24, 2.45) is 0 Å². The number of thiazole rings is 1. The maximum absolute atomic E-state index is 9.36. The number of para-hydroxylation sites is 2. The minimum atomic E-state index is 0.0374. The van der Waals surface area contributed by atoms with Gasteiger partial charge in [0.1, 0.15) is 5.01 Å². The van der Waals surface area contributed by atoms with Crippen LogP contribution in [0.4, 0.5) is 5.69 Å². The molecule has 1 unspecified atom stereocenters. The van der Waals surface area contributed by atoms with Gasteiger partial charge in [0, 0.05) is 11.3 Å². The Morgan fingerprint density at radius 1 is 1.15 bits per heavy atom. The van der Waals surface area contributed by atoms with Crippen LogP contribution in [0.5, 0.6) is 0 Å². The van der Waals surface area contributed by atoms with Crippen LogP contribution in [0, 0.1) is 0 Å². The van der Waals surface area contributed by atoms with Crippen LogP contribution in [0.25, 0.3) is 10.2 Å². The first-order valence-electron chi connectivity index (χ1n) is 6.58. The number of rotatable bonds is 4. The number of fused-ring (bicyclic) bond motifs is 1. The molecule has 0 saturated carbocycles. The number of nitrogens with one attached hydrogen (secondary N) is 1. The average molecular weight is 284 g/mol. The van der Waals surface area contributed by atoms with E-state index >= 15 is 0 Å². The van der Waals surface area contributed by atoms with E-state index in [2.05, 4.69) is 23.3 Å². The third kappa shape index (κ3) is 2.53. The molecule has 0 saturated heterocycles. The first kappa shape index (κ1) is 13.1. The maximum Gasteiger partial charge on any atom is 0.116 e. The normalized spacial score (nSPS) is 12.5. The zero-order valence-corrected chi connectivity index (χ0v) is 12.0. The van der Waals surface area contributed by atoms with Gasteiger partial charge >= 0.3 is 0 Å². The molecule has 0 aliphatic rings. The summed E-state index contributed by atoms with van der Waals surface area (Å²) < 4.78 is 1.20. The fourth-order valence-electron chi connectivity index (χ4n) is 2.17. The van der Waals surface area contributed by atoms with E-state index < -0.39 is 0 Å². The Morgan fingerprint density at radius 3 is 2.70 bits per heavy atom. The van der Waals surface area contributed by atoms with E-state index in [1.54, 1.807) is 11.3 Å². The van der Waals surface area contributed by atoms with Gasteiger partial charge < -0.3 is 10.4 Å². The lowest BCUT2D eigenvalue weighted by molar-refractivity contribution is 0.282. The van der Waals surface area contributed by atoms with Crippen LogP contribution in [-0.2, 0) is 6.61 Å². The van der Waals surface area contributed by atoms with Gasteiger partial charge in [0.05, 0.1) is 22.9 Å². The fourth-order valence-corrected chi connectivity index (χ4v) is 3.14. The lowest BCUT2D eigenvalue weighted by atomic mass is 10.1. The summed E-state index contributed by atoms with van der Waals surface area (Å²) >= 11 is 1.70. The van der Waals surface area contributed by atoms with Gasteiger partial charge in [-0.2, -0.15) is 0 Å². The predicted octanol–water partition coefficient (Wildman–Crippen LogP) is 3.96. The standard InChI is InChI=1S/C16H16N2OS/c1-11(17-13-7-3-2-6-12(13)10-19)16-18-14-8-4-5-9-15(14)20-16/h2-9,11,17,19H,10H2,1H3. The molecule has 2 aromatic carbocycles. The topological polar surface area (TPSA) is 45.1 Å². The molecular weight excluding hydrogens is 268 g/mol. The molecule has 1 aromatic heterocycles. The Labute approximate surface area is 121 Å². The van der Waals surface area contributed by atoms with Crippen LogP contribution >= 0.6 is 11.3 Å². The number of benzene rings is 2. The van der Waals surface area contributed by atoms with E-state index in [1.807, 2.05) is 42.5 Å². The van der Waals surface area contributed by atoms with E-state index in [0.29, 0.717) is 0 Å². The predicted molar refractivity (Wildman–Crippen MR) is 84.0 cm³/mol. The van der Waals surface area contributed by atoms with E-state index in [9.17, 15) is 5.11 Å². The molecule has 0 amide bonds. The van der Waals surface area contributed by atoms with Gasteiger partial charge in [0.15, 0.2) is 0 Å². The van der Waals surface area contributed by atoms with E-state index in [4.69, 9.17) is 0 Å². The summed E-state index contributed by atoms with van der Waals surface area (Å²) in [6.07, 6.45) is 0. The molecular formula is C16H16N2OS. The first-order chi connectivity index (χ1) is 9.78. The highest BCUT2D eigenvalue weighted by molar-refractivity contribution is 7.18. The summed E-state index contributed by atoms with van der Waals surface area (Å²) in [6.45, 7) is 2.13. The Bertz CT molecular complexity index is 690. The quantitative estimate of drug-likeness (QED) is 0.762. The van der Waals surface area contributed by atoms with Crippen molar-refractivity contribution in [3.63, 3.8) is 0 Å². The second-order valence-corrected chi connectivity index (χ2v) is 5.76. The minimum absolute atomic E-state index is 0.0374. The van der Waals surface area contributed by atoms with Gasteiger partial charge in [-0.3, -0.25) is 0 Å². The number of hydrogen-bond donors (Lipinski definition) is 2. The molecule has 0 aliphatic carbocycles. The third-order valence-electron chi connectivity index (χ3n) is 3.24. The van der Waals surface area contributed by atoms with Crippen molar-refractivity contribution in [3.8, 4) is 0 Å². The van der Waals surface area contributed by atoms with Crippen molar-refractivity contribution in [2.45, 2.75) is 19.6 Å². The van der Waals surface area contributed by atoms with Crippen LogP contribution in [0.2, 0.25) is 0 Å². The molecule has 1 heterocycles. The second-order valence-electron chi connectivity index (χ2n) is 4.70. The highest BCUT2D eigenvalue weighted by Crippen LogP contribution is 2.29. The van der Waals surface area contributed by atoms with Crippen LogP contribution in [0.3, 0.4) is 0 Å². The molecule has 0 radical (unpaired) electrons. The number of hydrogen-bond acceptors (Lipinski definition) is 4. The Hall–Kier alpha value is -1.91. The Morgan fingerprint density at radius 2 is 1.90 bits per heavy atom. The molecule has 0 aliphatic heterocycles. The summed E-state index contributed by atoms with van der Waals surface area (Å²) in [6, 6.07) is 16.1. The molecule has 102 valence electrons. The molecule has 0 bridgehead atoms. The summed E-state index contributed by atoms with van der Waals surface area (Å²) in [7, 11) is 0. The van der Waals surface area contributed by atoms with Gasteiger partial charge in [-0.1, -0.05) is 30.3 Å². The van der Waals surface area contributed by atoms with Crippen LogP contribution in [-0.4, -0.2) is 10.1 Å². The van der Waals surface area contributed by atoms with Crippen molar-refractivity contribution in [2.75, 3.05) is 5.32 Å². The van der Waals surface area contributed by atoms with Gasteiger partial charge in [0.25, 0.3) is 0 Å². The monoisotopic (exact) mass is 284 g/mol. The van der Waals surface area contributed by atoms with Gasteiger partial charge in [-0.05, 0) is 25.1 Å². The molecule has 1 atom stereocenters. The highest BCUT2D eigenvalue weighted by atomic mass is 32.1. The lowest BCUT2D eigenvalue weighted by Gasteiger charge is -2.15. The third-order valence-corrected chi connectivity index (χ3v) is 4.46. The van der Waals surface area contributed by atoms with Gasteiger partial charge in [-0.25, -0.2) is 4.98 Å². The zero-order valence-electron chi connectivity index (χ0n) is 11.2. The van der Waals surface area contributed by atoms with Crippen molar-refractivity contribution in [1.29, 1.82) is 0 Å². The molecule has 3 rings (SSSR count). The van der Waals surface area contributed by atoms with E-state index in [0.717, 1.165) is 21.8 Å². The van der Waals surface area contributed by atoms with Crippen molar-refractivity contribution in [3.05, 3.63) is 59.1 Å². The summed E-state index contributed by atoms with van der Waals surface area (Å²) in [5.41, 5.74) is 2.90. The molecule has 4 heteroatoms. The highest BCUT2D eigenvalue weighted by Gasteiger charge is 2.12. The molecule has 20 heavy (non-hydrogen) atoms. The average Bonchev–Trinajstić information content (AvgIpc) is 2.92. The van der Waals surface area contributed by atoms with E-state index in [1.165, 1.54) is 4.70 Å². The van der Waals surface area contributed by atoms with Crippen LogP contribution in [0.15, 0.2) is 48.5 Å². The number of anilines is 1. The first-order valence-corrected chi connectivity index (χ1v) is 7.40. The number of aromatic nitrogens is 1. The summed E-state index contributed by atoms with van der Waals surface area (Å²) in [5.74, 6) is 0. The van der Waals surface area contributed by atoms with Crippen molar-refractivity contribution < 1.29 is 5.11 Å². The van der Waals surface area contributed by atoms with Gasteiger partial charge in [-0.15, -0.1) is 11.3 Å².